The standard InChI is InChI=1S/C46H64N7O24P/c47-33-9-12-53(44(65)50-33)42-40(62)39(61)32(75-42)23-74-78(67,68)77-46(43(63)64)19-30(55)37(41(76-46)38(60)31(56)21-54)51-35(58)20-49-34(57)10-13-69-15-17-71-18-16-70-14-11-48-36(59)24-73-52-45(66)72-22-29-27-7-3-1-5-25(27)26-6-2-4-8-28(26)29/h1-9,12,29-32,37-42,54-56,60-62,67-68,78H,10-11,13-24H2,(H,48,59)(H,49,57)(H,51,58)(H,52,66)(H,63,64)(H2,47,50,65)/t30-,31-,32-,37-,38-,39?,40+,41?,42-,46-/m1/s1. The molecule has 0 bridgehead atoms. The number of hydroxylamine groups is 1. The van der Waals surface area contributed by atoms with Crippen molar-refractivity contribution in [3.05, 3.63) is 82.4 Å². The Labute approximate surface area is 443 Å². The molecule has 10 atom stereocenters. The number of carbonyl (C=O) groups excluding carboxylic acids is 4. The average molecular weight is 1130 g/mol. The van der Waals surface area contributed by atoms with E-state index in [0.29, 0.717) is 0 Å². The third kappa shape index (κ3) is 16.6. The van der Waals surface area contributed by atoms with E-state index in [9.17, 15) is 74.3 Å². The first-order chi connectivity index (χ1) is 37.2. The van der Waals surface area contributed by atoms with E-state index in [4.69, 9.17) is 48.0 Å². The van der Waals surface area contributed by atoms with Gasteiger partial charge in [-0.1, -0.05) is 48.5 Å². The number of benzene rings is 2. The summed E-state index contributed by atoms with van der Waals surface area (Å²) < 4.78 is 43.2. The number of hydrogen-bond donors (Lipinski definition) is 14. The number of amides is 4. The fourth-order valence-corrected chi connectivity index (χ4v) is 9.55. The summed E-state index contributed by atoms with van der Waals surface area (Å²) in [7, 11) is -5.79. The van der Waals surface area contributed by atoms with Crippen LogP contribution < -0.4 is 32.9 Å². The molecule has 31 nitrogen and oxygen atoms in total. The second-order valence-electron chi connectivity index (χ2n) is 17.7. The van der Waals surface area contributed by atoms with Crippen molar-refractivity contribution in [2.75, 3.05) is 84.9 Å². The second-order valence-corrected chi connectivity index (χ2v) is 19.3. The number of ether oxygens (including phenoxy) is 6. The van der Waals surface area contributed by atoms with Crippen molar-refractivity contribution in [2.24, 2.45) is 0 Å². The predicted molar refractivity (Wildman–Crippen MR) is 263 cm³/mol. The molecule has 1 aromatic heterocycles. The van der Waals surface area contributed by atoms with Gasteiger partial charge in [-0.25, -0.2) is 4.79 Å². The molecular formula is C46H64N7O24P. The molecule has 6 rings (SSSR count). The fraction of sp³-hybridized carbons (Fsp3) is 0.543. The average Bonchev–Trinajstić information content (AvgIpc) is 3.89. The van der Waals surface area contributed by atoms with Gasteiger partial charge in [0, 0.05) is 12.5 Å². The number of nitrogen functional groups attached to an aromatic ring is 1. The Morgan fingerprint density at radius 3 is 2.13 bits per heavy atom. The number of aliphatic hydroxyl groups is 6. The first-order valence-corrected chi connectivity index (χ1v) is 25.9. The Balaban J connectivity index is 0.815. The van der Waals surface area contributed by atoms with Crippen molar-refractivity contribution >= 4 is 43.8 Å². The number of anilines is 1. The summed E-state index contributed by atoms with van der Waals surface area (Å²) in [6.07, 6.45) is -16.6. The normalized spacial score (nSPS) is 23.8. The van der Waals surface area contributed by atoms with Crippen LogP contribution >= 0.6 is 8.17 Å². The topological polar surface area (TPSA) is 460 Å². The molecule has 1 aliphatic carbocycles. The van der Waals surface area contributed by atoms with E-state index in [1.807, 2.05) is 48.5 Å². The molecule has 15 N–H and O–H groups in total. The number of rotatable bonds is 30. The molecule has 4 amide bonds. The Morgan fingerprint density at radius 1 is 0.846 bits per heavy atom. The van der Waals surface area contributed by atoms with Crippen molar-refractivity contribution in [3.63, 3.8) is 0 Å². The van der Waals surface area contributed by atoms with E-state index < -0.39 is 137 Å². The maximum absolute atomic E-state index is 12.9. The summed E-state index contributed by atoms with van der Waals surface area (Å²) in [5.41, 5.74) is 10.9. The second kappa shape index (κ2) is 28.8. The molecule has 0 spiro atoms. The van der Waals surface area contributed by atoms with Gasteiger partial charge in [0.25, 0.3) is 0 Å². The predicted octanol–water partition coefficient (Wildman–Crippen LogP) is -4.86. The molecule has 432 valence electrons. The number of nitrogens with zero attached hydrogens (tertiary/aromatic N) is 2. The Kier molecular flexibility index (Phi) is 22.6. The zero-order chi connectivity index (χ0) is 56.6. The van der Waals surface area contributed by atoms with Gasteiger partial charge in [0.15, 0.2) is 6.61 Å². The fourth-order valence-electron chi connectivity index (χ4n) is 8.46. The Morgan fingerprint density at radius 2 is 1.49 bits per heavy atom. The van der Waals surface area contributed by atoms with Crippen LogP contribution in [0.2, 0.25) is 0 Å². The van der Waals surface area contributed by atoms with Gasteiger partial charge < -0.3 is 24.3 Å². The summed E-state index contributed by atoms with van der Waals surface area (Å²) in [6.45, 7) is -2.52. The molecule has 3 aliphatic rings. The number of fused-ring (bicyclic) bond motifs is 3. The quantitative estimate of drug-likeness (QED) is 0.0169. The van der Waals surface area contributed by atoms with Crippen molar-refractivity contribution in [1.29, 1.82) is 0 Å². The Hall–Kier alpha value is -5.94. The van der Waals surface area contributed by atoms with E-state index >= 15 is 0 Å². The van der Waals surface area contributed by atoms with E-state index in [-0.39, 0.29) is 70.9 Å². The molecule has 3 heterocycles. The molecule has 0 saturated carbocycles. The third-order valence-corrected chi connectivity index (χ3v) is 13.4. The van der Waals surface area contributed by atoms with Crippen molar-refractivity contribution in [1.82, 2.24) is 31.0 Å². The number of aliphatic carboxylic acids is 1. The number of hydrogen-bond acceptors (Lipinski definition) is 25. The summed E-state index contributed by atoms with van der Waals surface area (Å²) in [6, 6.07) is 15.2. The van der Waals surface area contributed by atoms with Gasteiger partial charge >= 0.3 is 265 Å². The number of nitrogens with two attached hydrogens (primary N) is 1. The Bertz CT molecular complexity index is 2520. The molecule has 0 radical (unpaired) electrons. The number of aromatic nitrogens is 2. The first-order valence-electron chi connectivity index (χ1n) is 24.2. The minimum absolute atomic E-state index is 0.0795. The monoisotopic (exact) mass is 1130 g/mol. The SMILES string of the molecule is Nc1ccn([C@@H]2O[C@H](CO[PH](O)(O)O[C@@]3(C(=O)O)C[C@@H](O)[C@@H](NC(=O)CNC(=O)CCOCCOCCOCCNC(=O)CONC(=O)OCC4c5ccccc5-c5ccccc54)C([C@H](O)[C@H](O)CO)O3)C(O)[C@@H]2O)c(=O)n1. The van der Waals surface area contributed by atoms with Crippen molar-refractivity contribution in [3.8, 4) is 11.1 Å². The van der Waals surface area contributed by atoms with E-state index in [0.717, 1.165) is 33.0 Å². The van der Waals surface area contributed by atoms with Crippen LogP contribution in [0.5, 0.6) is 0 Å². The van der Waals surface area contributed by atoms with Gasteiger partial charge in [0.1, 0.15) is 6.61 Å². The number of carboxylic acids is 1. The number of carbonyl (C=O) groups is 5. The molecule has 2 saturated heterocycles. The van der Waals surface area contributed by atoms with Crippen molar-refractivity contribution in [2.45, 2.75) is 79.5 Å². The van der Waals surface area contributed by atoms with E-state index in [1.165, 1.54) is 6.07 Å². The van der Waals surface area contributed by atoms with Gasteiger partial charge in [-0.3, -0.25) is 9.63 Å². The maximum atomic E-state index is 12.9. The van der Waals surface area contributed by atoms with Crippen LogP contribution in [0.25, 0.3) is 11.1 Å². The van der Waals surface area contributed by atoms with E-state index in [1.54, 1.807) is 0 Å². The van der Waals surface area contributed by atoms with Crippen LogP contribution in [-0.2, 0) is 61.5 Å². The molecule has 2 unspecified atom stereocenters. The van der Waals surface area contributed by atoms with Gasteiger partial charge in [-0.05, 0) is 22.3 Å². The summed E-state index contributed by atoms with van der Waals surface area (Å²) in [5, 5.41) is 80.1. The zero-order valence-corrected chi connectivity index (χ0v) is 42.6. The third-order valence-electron chi connectivity index (χ3n) is 12.3. The van der Waals surface area contributed by atoms with Crippen LogP contribution in [0.1, 0.15) is 36.1 Å². The molecule has 32 heteroatoms. The van der Waals surface area contributed by atoms with Crippen LogP contribution in [0.4, 0.5) is 10.6 Å². The molecule has 2 aromatic carbocycles. The van der Waals surface area contributed by atoms with Gasteiger partial charge in [-0.15, -0.1) is 0 Å². The molecular weight excluding hydrogens is 1070 g/mol. The van der Waals surface area contributed by atoms with Crippen LogP contribution in [0, 0.1) is 0 Å². The minimum atomic E-state index is -5.79. The molecule has 2 fully saturated rings. The first kappa shape index (κ1) is 61.3. The molecule has 78 heavy (non-hydrogen) atoms. The molecule has 3 aromatic rings. The van der Waals surface area contributed by atoms with Crippen LogP contribution in [0.3, 0.4) is 0 Å². The summed E-state index contributed by atoms with van der Waals surface area (Å²) in [4.78, 5) is 105. The zero-order valence-electron chi connectivity index (χ0n) is 41.6. The summed E-state index contributed by atoms with van der Waals surface area (Å²) >= 11 is 0. The van der Waals surface area contributed by atoms with Gasteiger partial charge in [0.2, 0.25) is 5.91 Å². The summed E-state index contributed by atoms with van der Waals surface area (Å²) in [5.74, 6) is -7.91. The van der Waals surface area contributed by atoms with Crippen LogP contribution in [0.15, 0.2) is 65.6 Å². The van der Waals surface area contributed by atoms with Crippen molar-refractivity contribution < 1.29 is 112 Å². The van der Waals surface area contributed by atoms with E-state index in [2.05, 4.69) is 26.4 Å². The molecule has 2 aliphatic heterocycles. The van der Waals surface area contributed by atoms with Gasteiger partial charge in [0.05, 0.1) is 33.0 Å². The number of nitrogens with one attached hydrogen (secondary N) is 4. The number of aliphatic hydroxyl groups excluding tert-OH is 6. The van der Waals surface area contributed by atoms with Gasteiger partial charge in [-0.2, -0.15) is 5.48 Å². The van der Waals surface area contributed by atoms with Crippen LogP contribution in [-0.4, -0.2) is 219 Å². The number of carboxylic acid groups (broad SMARTS) is 1.